The van der Waals surface area contributed by atoms with Crippen molar-refractivity contribution in [2.75, 3.05) is 31.6 Å². The minimum Gasteiger partial charge on any atom is -0.497 e. The third-order valence-corrected chi connectivity index (χ3v) is 6.95. The highest BCUT2D eigenvalue weighted by Gasteiger charge is 2.42. The van der Waals surface area contributed by atoms with Crippen molar-refractivity contribution in [3.05, 3.63) is 62.6 Å². The topological polar surface area (TPSA) is 115 Å². The predicted molar refractivity (Wildman–Crippen MR) is 118 cm³/mol. The fourth-order valence-electron chi connectivity index (χ4n) is 5.40. The Kier molecular flexibility index (Phi) is 5.15. The molecule has 2 amide bonds. The number of carbonyl (C=O) groups is 2. The van der Waals surface area contributed by atoms with Crippen molar-refractivity contribution in [1.29, 1.82) is 0 Å². The summed E-state index contributed by atoms with van der Waals surface area (Å²) in [5.41, 5.74) is 0.474. The molecule has 3 atom stereocenters. The molecule has 2 bridgehead atoms. The van der Waals surface area contributed by atoms with Crippen molar-refractivity contribution >= 4 is 23.2 Å². The number of pyridine rings is 1. The number of carbonyl (C=O) groups excluding carboxylic acids is 2. The maximum atomic E-state index is 13.3. The van der Waals surface area contributed by atoms with Crippen LogP contribution in [0, 0.1) is 22.0 Å². The predicted octanol–water partition coefficient (Wildman–Crippen LogP) is 1.76. The molecule has 0 spiro atoms. The lowest BCUT2D eigenvalue weighted by atomic mass is 9.82. The lowest BCUT2D eigenvalue weighted by Crippen LogP contribution is -2.51. The van der Waals surface area contributed by atoms with Gasteiger partial charge in [-0.3, -0.25) is 24.5 Å². The Bertz CT molecular complexity index is 1190. The van der Waals surface area contributed by atoms with Gasteiger partial charge in [0.25, 0.3) is 0 Å². The van der Waals surface area contributed by atoms with Crippen molar-refractivity contribution in [3.8, 4) is 5.75 Å². The number of amides is 2. The van der Waals surface area contributed by atoms with E-state index in [-0.39, 0.29) is 30.1 Å². The summed E-state index contributed by atoms with van der Waals surface area (Å²) in [6.45, 7) is 1.62. The molecule has 10 nitrogen and oxygen atoms in total. The van der Waals surface area contributed by atoms with Crippen LogP contribution in [0.2, 0.25) is 0 Å². The zero-order valence-corrected chi connectivity index (χ0v) is 18.2. The van der Waals surface area contributed by atoms with E-state index in [2.05, 4.69) is 0 Å². The summed E-state index contributed by atoms with van der Waals surface area (Å²) in [5, 5.41) is 11.1. The van der Waals surface area contributed by atoms with E-state index in [9.17, 15) is 24.5 Å². The molecule has 0 N–H and O–H groups in total. The van der Waals surface area contributed by atoms with Crippen LogP contribution in [0.3, 0.4) is 0 Å². The summed E-state index contributed by atoms with van der Waals surface area (Å²) in [4.78, 5) is 52.5. The van der Waals surface area contributed by atoms with Gasteiger partial charge >= 0.3 is 11.2 Å². The largest absolute Gasteiger partial charge is 0.497 e. The molecule has 1 aromatic carbocycles. The maximum Gasteiger partial charge on any atom is 0.334 e. The number of likely N-dealkylation sites (tertiary alicyclic amines) is 1. The number of rotatable bonds is 4. The number of methoxy groups -OCH3 is 1. The SMILES string of the molecule is COc1ccc(N2C[C@H](C(=O)N3C[C@@H]4C[C@@H](C3)c3ccc([N+](=O)[O-])c(=O)n3C4)CC2=O)cc1. The van der Waals surface area contributed by atoms with Crippen molar-refractivity contribution in [2.24, 2.45) is 11.8 Å². The molecule has 0 radical (unpaired) electrons. The van der Waals surface area contributed by atoms with E-state index in [4.69, 9.17) is 4.74 Å². The monoisotopic (exact) mass is 452 g/mol. The average molecular weight is 452 g/mol. The van der Waals surface area contributed by atoms with Crippen LogP contribution in [-0.4, -0.2) is 52.9 Å². The van der Waals surface area contributed by atoms with Gasteiger partial charge in [-0.05, 0) is 42.7 Å². The number of anilines is 1. The zero-order valence-electron chi connectivity index (χ0n) is 18.2. The van der Waals surface area contributed by atoms with Crippen LogP contribution in [0.4, 0.5) is 11.4 Å². The third kappa shape index (κ3) is 3.65. The molecule has 3 aliphatic rings. The number of nitrogens with zero attached hydrogens (tertiary/aromatic N) is 4. The van der Waals surface area contributed by atoms with Gasteiger partial charge in [0.1, 0.15) is 5.75 Å². The Balaban J connectivity index is 1.32. The summed E-state index contributed by atoms with van der Waals surface area (Å²) in [6.07, 6.45) is 1.00. The molecule has 10 heteroatoms. The van der Waals surface area contributed by atoms with Crippen molar-refractivity contribution in [2.45, 2.75) is 25.3 Å². The van der Waals surface area contributed by atoms with Crippen LogP contribution >= 0.6 is 0 Å². The third-order valence-electron chi connectivity index (χ3n) is 6.95. The minimum absolute atomic E-state index is 0.0493. The Morgan fingerprint density at radius 1 is 1.06 bits per heavy atom. The molecule has 1 aromatic heterocycles. The van der Waals surface area contributed by atoms with Gasteiger partial charge in [-0.2, -0.15) is 0 Å². The Morgan fingerprint density at radius 2 is 1.82 bits per heavy atom. The van der Waals surface area contributed by atoms with Crippen LogP contribution in [-0.2, 0) is 16.1 Å². The lowest BCUT2D eigenvalue weighted by Gasteiger charge is -2.43. The molecule has 0 saturated carbocycles. The van der Waals surface area contributed by atoms with Crippen LogP contribution < -0.4 is 15.2 Å². The van der Waals surface area contributed by atoms with Gasteiger partial charge in [0.05, 0.1) is 18.0 Å². The quantitative estimate of drug-likeness (QED) is 0.516. The van der Waals surface area contributed by atoms with Gasteiger partial charge in [-0.15, -0.1) is 0 Å². The molecule has 0 unspecified atom stereocenters. The molecule has 4 heterocycles. The first-order valence-corrected chi connectivity index (χ1v) is 11.0. The molecule has 2 aromatic rings. The molecule has 5 rings (SSSR count). The van der Waals surface area contributed by atoms with Gasteiger partial charge in [0.15, 0.2) is 0 Å². The number of hydrogen-bond acceptors (Lipinski definition) is 6. The number of ether oxygens (including phenoxy) is 1. The van der Waals surface area contributed by atoms with E-state index in [0.29, 0.717) is 31.9 Å². The Morgan fingerprint density at radius 3 is 2.52 bits per heavy atom. The van der Waals surface area contributed by atoms with Gasteiger partial charge < -0.3 is 19.1 Å². The van der Waals surface area contributed by atoms with Crippen LogP contribution in [0.15, 0.2) is 41.2 Å². The molecular formula is C23H24N4O6. The number of fused-ring (bicyclic) bond motifs is 4. The second-order valence-corrected chi connectivity index (χ2v) is 8.96. The van der Waals surface area contributed by atoms with Crippen LogP contribution in [0.25, 0.3) is 0 Å². The van der Waals surface area contributed by atoms with Crippen molar-refractivity contribution < 1.29 is 19.2 Å². The average Bonchev–Trinajstić information content (AvgIpc) is 3.20. The molecule has 3 aliphatic heterocycles. The number of hydrogen-bond donors (Lipinski definition) is 0. The fourth-order valence-corrected chi connectivity index (χ4v) is 5.40. The van der Waals surface area contributed by atoms with Gasteiger partial charge in [-0.1, -0.05) is 0 Å². The summed E-state index contributed by atoms with van der Waals surface area (Å²) < 4.78 is 6.67. The first kappa shape index (κ1) is 21.2. The van der Waals surface area contributed by atoms with Gasteiger partial charge in [0.2, 0.25) is 11.8 Å². The molecule has 172 valence electrons. The minimum atomic E-state index is -0.651. The fraction of sp³-hybridized carbons (Fsp3) is 0.435. The number of aromatic nitrogens is 1. The Hall–Kier alpha value is -3.69. The molecule has 33 heavy (non-hydrogen) atoms. The van der Waals surface area contributed by atoms with Gasteiger partial charge in [0, 0.05) is 56.0 Å². The summed E-state index contributed by atoms with van der Waals surface area (Å²) in [6, 6.07) is 10.1. The van der Waals surface area contributed by atoms with E-state index < -0.39 is 22.1 Å². The highest BCUT2D eigenvalue weighted by molar-refractivity contribution is 6.00. The van der Waals surface area contributed by atoms with Crippen LogP contribution in [0.5, 0.6) is 5.75 Å². The normalized spacial score (nSPS) is 23.9. The second kappa shape index (κ2) is 8.02. The standard InChI is InChI=1S/C23H24N4O6/c1-33-18-4-2-17(3-5-18)25-13-16(9-21(25)28)22(29)24-10-14-8-15(12-24)19-6-7-20(27(31)32)23(30)26(19)11-14/h2-7,14-16H,8-13H2,1H3/t14-,15-,16+/m0/s1. The maximum absolute atomic E-state index is 13.3. The smallest absolute Gasteiger partial charge is 0.334 e. The van der Waals surface area contributed by atoms with Crippen molar-refractivity contribution in [3.63, 3.8) is 0 Å². The molecule has 2 saturated heterocycles. The van der Waals surface area contributed by atoms with Gasteiger partial charge in [-0.25, -0.2) is 0 Å². The van der Waals surface area contributed by atoms with Crippen molar-refractivity contribution in [1.82, 2.24) is 9.47 Å². The van der Waals surface area contributed by atoms with E-state index in [1.165, 1.54) is 10.6 Å². The first-order chi connectivity index (χ1) is 15.9. The number of benzene rings is 1. The van der Waals surface area contributed by atoms with Crippen LogP contribution in [0.1, 0.15) is 24.5 Å². The van der Waals surface area contributed by atoms with E-state index >= 15 is 0 Å². The van der Waals surface area contributed by atoms with E-state index in [1.807, 2.05) is 17.0 Å². The molecule has 2 fully saturated rings. The number of piperidine rings is 1. The molecular weight excluding hydrogens is 428 g/mol. The van der Waals surface area contributed by atoms with E-state index in [0.717, 1.165) is 17.8 Å². The second-order valence-electron chi connectivity index (χ2n) is 8.96. The molecule has 0 aliphatic carbocycles. The lowest BCUT2D eigenvalue weighted by molar-refractivity contribution is -0.386. The highest BCUT2D eigenvalue weighted by atomic mass is 16.6. The highest BCUT2D eigenvalue weighted by Crippen LogP contribution is 2.37. The first-order valence-electron chi connectivity index (χ1n) is 11.0. The number of nitro groups is 1. The van der Waals surface area contributed by atoms with E-state index in [1.54, 1.807) is 30.2 Å². The Labute approximate surface area is 189 Å². The summed E-state index contributed by atoms with van der Waals surface area (Å²) in [5.74, 6) is 0.145. The summed E-state index contributed by atoms with van der Waals surface area (Å²) in [7, 11) is 1.58. The summed E-state index contributed by atoms with van der Waals surface area (Å²) >= 11 is 0. The zero-order chi connectivity index (χ0) is 23.3.